The zero-order chi connectivity index (χ0) is 19.0. The van der Waals surface area contributed by atoms with Gasteiger partial charge in [-0.15, -0.1) is 0 Å². The van der Waals surface area contributed by atoms with Gasteiger partial charge in [-0.1, -0.05) is 12.1 Å². The molecule has 2 aromatic heterocycles. The van der Waals surface area contributed by atoms with Gasteiger partial charge in [-0.2, -0.15) is 23.4 Å². The Morgan fingerprint density at radius 2 is 2.00 bits per heavy atom. The van der Waals surface area contributed by atoms with Crippen LogP contribution in [0.15, 0.2) is 46.4 Å². The Morgan fingerprint density at radius 1 is 1.15 bits per heavy atom. The van der Waals surface area contributed by atoms with Gasteiger partial charge < -0.3 is 5.32 Å². The van der Waals surface area contributed by atoms with E-state index in [1.807, 2.05) is 0 Å². The summed E-state index contributed by atoms with van der Waals surface area (Å²) in [7, 11) is 0. The van der Waals surface area contributed by atoms with Gasteiger partial charge in [0.15, 0.2) is 0 Å². The Labute approximate surface area is 150 Å². The molecule has 0 saturated carbocycles. The Morgan fingerprint density at radius 3 is 2.74 bits per heavy atom. The van der Waals surface area contributed by atoms with Gasteiger partial charge in [0.2, 0.25) is 5.91 Å². The molecule has 4 rings (SSSR count). The average Bonchev–Trinajstić information content (AvgIpc) is 3.14. The normalized spacial score (nSPS) is 14.6. The van der Waals surface area contributed by atoms with E-state index in [0.29, 0.717) is 23.2 Å². The van der Waals surface area contributed by atoms with Crippen LogP contribution in [-0.2, 0) is 23.9 Å². The molecule has 136 valence electrons. The predicted molar refractivity (Wildman–Crippen MR) is 89.8 cm³/mol. The first-order chi connectivity index (χ1) is 12.9. The van der Waals surface area contributed by atoms with Crippen LogP contribution in [0.25, 0.3) is 12.3 Å². The highest BCUT2D eigenvalue weighted by Crippen LogP contribution is 2.27. The highest BCUT2D eigenvalue weighted by atomic mass is 19.4. The molecule has 0 fully saturated rings. The molecule has 2 aliphatic rings. The van der Waals surface area contributed by atoms with Crippen LogP contribution in [0.1, 0.15) is 16.8 Å². The number of carbonyl (C=O) groups excluding carboxylic acids is 1. The number of aromatic nitrogens is 2. The Hall–Kier alpha value is -3.36. The first-order valence-electron chi connectivity index (χ1n) is 8.02. The molecule has 27 heavy (non-hydrogen) atoms. The summed E-state index contributed by atoms with van der Waals surface area (Å²) in [5.74, 6) is -0.312. The number of fused-ring (bicyclic) bond motifs is 3. The topological polar surface area (TPSA) is 79.6 Å². The maximum absolute atomic E-state index is 12.5. The van der Waals surface area contributed by atoms with Crippen molar-refractivity contribution in [2.45, 2.75) is 19.1 Å². The zero-order valence-electron chi connectivity index (χ0n) is 13.8. The quantitative estimate of drug-likeness (QED) is 0.895. The van der Waals surface area contributed by atoms with E-state index in [2.05, 4.69) is 25.5 Å². The van der Waals surface area contributed by atoms with E-state index in [4.69, 9.17) is 0 Å². The van der Waals surface area contributed by atoms with E-state index < -0.39 is 11.9 Å². The summed E-state index contributed by atoms with van der Waals surface area (Å²) in [5.41, 5.74) is 1.56. The number of rotatable bonds is 3. The summed E-state index contributed by atoms with van der Waals surface area (Å²) >= 11 is 0. The van der Waals surface area contributed by atoms with Gasteiger partial charge in [0.05, 0.1) is 11.5 Å². The van der Waals surface area contributed by atoms with Crippen LogP contribution in [0, 0.1) is 0 Å². The first-order valence-corrected chi connectivity index (χ1v) is 8.02. The van der Waals surface area contributed by atoms with E-state index in [-0.39, 0.29) is 12.5 Å². The van der Waals surface area contributed by atoms with Gasteiger partial charge in [-0.05, 0) is 17.7 Å². The lowest BCUT2D eigenvalue weighted by Crippen LogP contribution is -2.29. The van der Waals surface area contributed by atoms with Crippen molar-refractivity contribution >= 4 is 23.9 Å². The molecule has 0 spiro atoms. The second kappa shape index (κ2) is 6.42. The average molecular weight is 371 g/mol. The molecule has 0 unspecified atom stereocenters. The van der Waals surface area contributed by atoms with Crippen molar-refractivity contribution in [2.75, 3.05) is 0 Å². The number of amides is 1. The fourth-order valence-corrected chi connectivity index (χ4v) is 2.83. The predicted octanol–water partition coefficient (Wildman–Crippen LogP) is 1.91. The molecule has 0 bridgehead atoms. The third kappa shape index (κ3) is 3.35. The van der Waals surface area contributed by atoms with Crippen LogP contribution in [-0.4, -0.2) is 15.9 Å². The minimum atomic E-state index is -4.49. The molecule has 1 aliphatic heterocycles. The number of carbonyl (C=O) groups is 1. The summed E-state index contributed by atoms with van der Waals surface area (Å²) in [5, 5.41) is 12.2. The smallest absolute Gasteiger partial charge is 0.348 e. The van der Waals surface area contributed by atoms with Gasteiger partial charge in [-0.3, -0.25) is 14.8 Å². The zero-order valence-corrected chi connectivity index (χ0v) is 13.8. The van der Waals surface area contributed by atoms with Gasteiger partial charge in [0, 0.05) is 41.7 Å². The number of pyridine rings is 2. The van der Waals surface area contributed by atoms with Crippen molar-refractivity contribution in [1.82, 2.24) is 15.3 Å². The van der Waals surface area contributed by atoms with Crippen molar-refractivity contribution in [3.8, 4) is 0 Å². The number of halogens is 3. The first kappa shape index (κ1) is 17.1. The van der Waals surface area contributed by atoms with Crippen LogP contribution >= 0.6 is 0 Å². The van der Waals surface area contributed by atoms with Crippen LogP contribution in [0.3, 0.4) is 0 Å². The number of nitrogens with zero attached hydrogens (tertiary/aromatic N) is 4. The molecule has 3 heterocycles. The van der Waals surface area contributed by atoms with E-state index in [1.165, 1.54) is 6.07 Å². The fraction of sp³-hybridized carbons (Fsp3) is 0.167. The molecule has 6 nitrogen and oxygen atoms in total. The van der Waals surface area contributed by atoms with E-state index in [1.54, 1.807) is 24.5 Å². The van der Waals surface area contributed by atoms with Crippen LogP contribution < -0.4 is 15.9 Å². The Bertz CT molecular complexity index is 1100. The number of alkyl halides is 3. The molecular weight excluding hydrogens is 359 g/mol. The van der Waals surface area contributed by atoms with Gasteiger partial charge in [0.1, 0.15) is 11.4 Å². The maximum atomic E-state index is 12.5. The largest absolute Gasteiger partial charge is 0.433 e. The number of hydrogen-bond acceptors (Lipinski definition) is 5. The molecule has 1 amide bonds. The number of azo groups is 1. The fourth-order valence-electron chi connectivity index (χ4n) is 2.83. The summed E-state index contributed by atoms with van der Waals surface area (Å²) in [6.07, 6.45) is 3.68. The van der Waals surface area contributed by atoms with Crippen molar-refractivity contribution in [1.29, 1.82) is 0 Å². The minimum Gasteiger partial charge on any atom is -0.348 e. The second-order valence-electron chi connectivity index (χ2n) is 6.04. The third-order valence-electron chi connectivity index (χ3n) is 4.24. The highest BCUT2D eigenvalue weighted by molar-refractivity contribution is 5.95. The summed E-state index contributed by atoms with van der Waals surface area (Å²) < 4.78 is 37.6. The monoisotopic (exact) mass is 371 g/mol. The van der Waals surface area contributed by atoms with Crippen molar-refractivity contribution in [3.63, 3.8) is 0 Å². The standard InChI is InChI=1S/C18H12F3N5O/c19-18(20,21)15-4-1-10(6-23-15)7-24-17(27)11-2-3-14-13(5-11)16-12(8-22-14)9-25-26-16/h1-4,6,8-9H,5,7H2,(H,24,27). The molecule has 0 atom stereocenters. The molecule has 9 heteroatoms. The number of allylic oxidation sites excluding steroid dienone is 1. The second-order valence-corrected chi connectivity index (χ2v) is 6.04. The summed E-state index contributed by atoms with van der Waals surface area (Å²) in [4.78, 5) is 20.1. The molecule has 1 N–H and O–H groups in total. The molecule has 1 aliphatic carbocycles. The number of hydrogen-bond donors (Lipinski definition) is 1. The van der Waals surface area contributed by atoms with E-state index in [9.17, 15) is 18.0 Å². The van der Waals surface area contributed by atoms with Crippen LogP contribution in [0.2, 0.25) is 0 Å². The van der Waals surface area contributed by atoms with Gasteiger partial charge >= 0.3 is 6.18 Å². The molecule has 2 aromatic rings. The Kier molecular flexibility index (Phi) is 4.06. The lowest BCUT2D eigenvalue weighted by Gasteiger charge is -2.13. The molecule has 0 radical (unpaired) electrons. The van der Waals surface area contributed by atoms with Gasteiger partial charge in [0.25, 0.3) is 0 Å². The van der Waals surface area contributed by atoms with Crippen molar-refractivity contribution in [2.24, 2.45) is 10.2 Å². The van der Waals surface area contributed by atoms with E-state index in [0.717, 1.165) is 28.4 Å². The maximum Gasteiger partial charge on any atom is 0.433 e. The Balaban J connectivity index is 1.45. The third-order valence-corrected chi connectivity index (χ3v) is 4.24. The molecular formula is C18H12F3N5O. The van der Waals surface area contributed by atoms with Crippen molar-refractivity contribution < 1.29 is 18.0 Å². The molecule has 0 saturated heterocycles. The van der Waals surface area contributed by atoms with E-state index >= 15 is 0 Å². The lowest BCUT2D eigenvalue weighted by molar-refractivity contribution is -0.141. The minimum absolute atomic E-state index is 0.0762. The summed E-state index contributed by atoms with van der Waals surface area (Å²) in [6, 6.07) is 2.18. The number of nitrogens with one attached hydrogen (secondary N) is 1. The summed E-state index contributed by atoms with van der Waals surface area (Å²) in [6.45, 7) is 0.0762. The van der Waals surface area contributed by atoms with Gasteiger partial charge in [-0.25, -0.2) is 0 Å². The van der Waals surface area contributed by atoms with Crippen LogP contribution in [0.5, 0.6) is 0 Å². The molecule has 0 aromatic carbocycles. The highest BCUT2D eigenvalue weighted by Gasteiger charge is 2.32. The lowest BCUT2D eigenvalue weighted by atomic mass is 9.98. The van der Waals surface area contributed by atoms with Crippen LogP contribution in [0.4, 0.5) is 18.9 Å². The SMILES string of the molecule is O=C(NCc1ccc(C(F)(F)F)nc1)C1=CC=c2ncc3c(c2C1)N=NC=3. The van der Waals surface area contributed by atoms with Crippen molar-refractivity contribution in [3.05, 3.63) is 63.6 Å².